The van der Waals surface area contributed by atoms with Crippen LogP contribution < -0.4 is 14.8 Å². The molecule has 4 aromatic rings. The first-order valence-electron chi connectivity index (χ1n) is 10.5. The van der Waals surface area contributed by atoms with Crippen LogP contribution >= 0.6 is 11.6 Å². The molecule has 0 atom stereocenters. The minimum absolute atomic E-state index is 0.272. The lowest BCUT2D eigenvalue weighted by Crippen LogP contribution is -2.09. The van der Waals surface area contributed by atoms with Crippen LogP contribution in [0.2, 0.25) is 5.02 Å². The van der Waals surface area contributed by atoms with Gasteiger partial charge in [-0.25, -0.2) is 14.4 Å². The van der Waals surface area contributed by atoms with E-state index in [2.05, 4.69) is 10.3 Å². The number of hydrogen-bond acceptors (Lipinski definition) is 6. The lowest BCUT2D eigenvalue weighted by molar-refractivity contribution is 0.410. The van der Waals surface area contributed by atoms with Gasteiger partial charge in [0.15, 0.2) is 0 Å². The van der Waals surface area contributed by atoms with Gasteiger partial charge in [-0.05, 0) is 36.4 Å². The SMILES string of the molecule is COc1cccc(Nc2ncc3c(n2)-c2ccc(Cl)cc2C(c2c(F)cccc2OC)=NC3)c1. The maximum Gasteiger partial charge on any atom is 0.227 e. The van der Waals surface area contributed by atoms with Crippen LogP contribution in [0.3, 0.4) is 0 Å². The Hall–Kier alpha value is -3.97. The molecule has 0 fully saturated rings. The number of halogens is 2. The highest BCUT2D eigenvalue weighted by Crippen LogP contribution is 2.36. The fourth-order valence-electron chi connectivity index (χ4n) is 3.93. The molecular weight excluding hydrogens is 455 g/mol. The first-order valence-corrected chi connectivity index (χ1v) is 10.9. The number of nitrogens with zero attached hydrogens (tertiary/aromatic N) is 3. The summed E-state index contributed by atoms with van der Waals surface area (Å²) in [5.74, 6) is 1.10. The number of nitrogens with one attached hydrogen (secondary N) is 1. The van der Waals surface area contributed by atoms with Crippen molar-refractivity contribution in [1.29, 1.82) is 0 Å². The van der Waals surface area contributed by atoms with Gasteiger partial charge < -0.3 is 14.8 Å². The van der Waals surface area contributed by atoms with Crippen molar-refractivity contribution in [1.82, 2.24) is 9.97 Å². The molecule has 0 amide bonds. The second-order valence-electron chi connectivity index (χ2n) is 7.60. The summed E-state index contributed by atoms with van der Waals surface area (Å²) >= 11 is 6.35. The van der Waals surface area contributed by atoms with Crippen molar-refractivity contribution < 1.29 is 13.9 Å². The van der Waals surface area contributed by atoms with E-state index in [9.17, 15) is 0 Å². The lowest BCUT2D eigenvalue weighted by Gasteiger charge is -2.15. The predicted octanol–water partition coefficient (Wildman–Crippen LogP) is 6.05. The Balaban J connectivity index is 1.63. The summed E-state index contributed by atoms with van der Waals surface area (Å²) in [5, 5.41) is 3.72. The maximum absolute atomic E-state index is 15.0. The zero-order valence-corrected chi connectivity index (χ0v) is 19.2. The van der Waals surface area contributed by atoms with E-state index in [4.69, 9.17) is 31.1 Å². The van der Waals surface area contributed by atoms with E-state index in [0.29, 0.717) is 33.7 Å². The van der Waals surface area contributed by atoms with Crippen molar-refractivity contribution in [2.75, 3.05) is 19.5 Å². The molecule has 34 heavy (non-hydrogen) atoms. The van der Waals surface area contributed by atoms with Crippen LogP contribution in [0.4, 0.5) is 16.0 Å². The molecule has 0 bridgehead atoms. The number of fused-ring (bicyclic) bond motifs is 3. The lowest BCUT2D eigenvalue weighted by atomic mass is 9.94. The monoisotopic (exact) mass is 474 g/mol. The fraction of sp³-hybridized carbons (Fsp3) is 0.115. The number of benzene rings is 3. The standard InChI is InChI=1S/C26H20ClFN4O2/c1-33-18-6-3-5-17(12-18)31-26-30-14-15-13-29-25(23-21(28)7-4-8-22(23)34-2)20-11-16(27)9-10-19(20)24(15)32-26/h3-12,14H,13H2,1-2H3,(H,30,31,32). The molecule has 170 valence electrons. The molecule has 1 aromatic heterocycles. The van der Waals surface area contributed by atoms with Gasteiger partial charge in [-0.2, -0.15) is 0 Å². The van der Waals surface area contributed by atoms with E-state index in [1.807, 2.05) is 30.3 Å². The van der Waals surface area contributed by atoms with Gasteiger partial charge in [0, 0.05) is 39.7 Å². The molecule has 0 saturated heterocycles. The average molecular weight is 475 g/mol. The summed E-state index contributed by atoms with van der Waals surface area (Å²) < 4.78 is 25.7. The van der Waals surface area contributed by atoms with E-state index >= 15 is 4.39 Å². The third-order valence-corrected chi connectivity index (χ3v) is 5.76. The van der Waals surface area contributed by atoms with Gasteiger partial charge in [-0.15, -0.1) is 0 Å². The highest BCUT2D eigenvalue weighted by molar-refractivity contribution is 6.31. The molecule has 0 spiro atoms. The summed E-state index contributed by atoms with van der Waals surface area (Å²) in [5.41, 5.74) is 4.47. The van der Waals surface area contributed by atoms with Crippen LogP contribution in [0.25, 0.3) is 11.3 Å². The second kappa shape index (κ2) is 9.11. The first kappa shape index (κ1) is 21.9. The minimum atomic E-state index is -0.429. The fourth-order valence-corrected chi connectivity index (χ4v) is 4.10. The Morgan fingerprint density at radius 3 is 2.65 bits per heavy atom. The first-order chi connectivity index (χ1) is 16.6. The van der Waals surface area contributed by atoms with Crippen LogP contribution in [0.5, 0.6) is 11.5 Å². The molecule has 0 aliphatic carbocycles. The normalized spacial score (nSPS) is 12.2. The summed E-state index contributed by atoms with van der Waals surface area (Å²) in [6.07, 6.45) is 1.73. The van der Waals surface area contributed by atoms with Gasteiger partial charge in [-0.1, -0.05) is 29.8 Å². The van der Waals surface area contributed by atoms with Crippen LogP contribution in [0.15, 0.2) is 71.9 Å². The smallest absolute Gasteiger partial charge is 0.227 e. The van der Waals surface area contributed by atoms with Gasteiger partial charge >= 0.3 is 0 Å². The molecule has 2 heterocycles. The molecule has 1 aliphatic heterocycles. The third-order valence-electron chi connectivity index (χ3n) is 5.52. The van der Waals surface area contributed by atoms with Gasteiger partial charge in [0.1, 0.15) is 17.3 Å². The molecule has 3 aromatic carbocycles. The van der Waals surface area contributed by atoms with Crippen LogP contribution in [-0.4, -0.2) is 29.9 Å². The van der Waals surface area contributed by atoms with Crippen molar-refractivity contribution in [3.05, 3.63) is 94.4 Å². The molecule has 1 aliphatic rings. The summed E-state index contributed by atoms with van der Waals surface area (Å²) in [6, 6.07) is 17.6. The van der Waals surface area contributed by atoms with Crippen LogP contribution in [-0.2, 0) is 6.54 Å². The Morgan fingerprint density at radius 1 is 0.971 bits per heavy atom. The maximum atomic E-state index is 15.0. The number of ether oxygens (including phenoxy) is 2. The minimum Gasteiger partial charge on any atom is -0.497 e. The molecular formula is C26H20ClFN4O2. The van der Waals surface area contributed by atoms with E-state index in [-0.39, 0.29) is 12.1 Å². The highest BCUT2D eigenvalue weighted by Gasteiger charge is 2.25. The van der Waals surface area contributed by atoms with Crippen molar-refractivity contribution in [3.63, 3.8) is 0 Å². The van der Waals surface area contributed by atoms with Crippen molar-refractivity contribution in [3.8, 4) is 22.8 Å². The van der Waals surface area contributed by atoms with E-state index in [1.165, 1.54) is 13.2 Å². The number of methoxy groups -OCH3 is 2. The average Bonchev–Trinajstić information content (AvgIpc) is 3.00. The van der Waals surface area contributed by atoms with Crippen molar-refractivity contribution >= 4 is 28.9 Å². The van der Waals surface area contributed by atoms with Crippen molar-refractivity contribution in [2.45, 2.75) is 6.54 Å². The number of aromatic nitrogens is 2. The summed E-state index contributed by atoms with van der Waals surface area (Å²) in [4.78, 5) is 14.0. The molecule has 0 saturated carbocycles. The Kier molecular flexibility index (Phi) is 5.86. The molecule has 0 radical (unpaired) electrons. The second-order valence-corrected chi connectivity index (χ2v) is 8.03. The van der Waals surface area contributed by atoms with Gasteiger partial charge in [0.2, 0.25) is 5.95 Å². The summed E-state index contributed by atoms with van der Waals surface area (Å²) in [6.45, 7) is 0.272. The van der Waals surface area contributed by atoms with E-state index < -0.39 is 5.82 Å². The molecule has 0 unspecified atom stereocenters. The number of anilines is 2. The zero-order valence-electron chi connectivity index (χ0n) is 18.5. The summed E-state index contributed by atoms with van der Waals surface area (Å²) in [7, 11) is 3.12. The number of aliphatic imine (C=N–C) groups is 1. The molecule has 6 nitrogen and oxygen atoms in total. The Bertz CT molecular complexity index is 1420. The van der Waals surface area contributed by atoms with Crippen molar-refractivity contribution in [2.24, 2.45) is 4.99 Å². The van der Waals surface area contributed by atoms with Crippen LogP contribution in [0.1, 0.15) is 16.7 Å². The largest absolute Gasteiger partial charge is 0.497 e. The molecule has 5 rings (SSSR count). The topological polar surface area (TPSA) is 68.6 Å². The van der Waals surface area contributed by atoms with E-state index in [0.717, 1.165) is 22.6 Å². The Labute approximate surface area is 201 Å². The van der Waals surface area contributed by atoms with Gasteiger partial charge in [0.25, 0.3) is 0 Å². The van der Waals surface area contributed by atoms with Gasteiger partial charge in [-0.3, -0.25) is 4.99 Å². The molecule has 8 heteroatoms. The zero-order chi connectivity index (χ0) is 23.7. The molecule has 1 N–H and O–H groups in total. The van der Waals surface area contributed by atoms with Gasteiger partial charge in [0.05, 0.1) is 37.7 Å². The number of hydrogen-bond donors (Lipinski definition) is 1. The number of rotatable bonds is 5. The predicted molar refractivity (Wildman–Crippen MR) is 131 cm³/mol. The third kappa shape index (κ3) is 4.06. The quantitative estimate of drug-likeness (QED) is 0.381. The Morgan fingerprint density at radius 2 is 1.82 bits per heavy atom. The van der Waals surface area contributed by atoms with E-state index in [1.54, 1.807) is 37.6 Å². The highest BCUT2D eigenvalue weighted by atomic mass is 35.5. The van der Waals surface area contributed by atoms with Crippen LogP contribution in [0, 0.1) is 5.82 Å².